The number of rotatable bonds is 6. The van der Waals surface area contributed by atoms with E-state index in [0.717, 1.165) is 23.6 Å². The molecular formula is C14H22Cl2N2. The molecular weight excluding hydrogens is 267 g/mol. The van der Waals surface area contributed by atoms with Crippen LogP contribution in [0.15, 0.2) is 18.2 Å². The summed E-state index contributed by atoms with van der Waals surface area (Å²) < 4.78 is 0. The molecule has 2 unspecified atom stereocenters. The molecule has 0 amide bonds. The summed E-state index contributed by atoms with van der Waals surface area (Å²) in [5.41, 5.74) is 1.12. The lowest BCUT2D eigenvalue weighted by Gasteiger charge is -2.25. The van der Waals surface area contributed by atoms with Crippen LogP contribution in [0.1, 0.15) is 31.9 Å². The monoisotopic (exact) mass is 288 g/mol. The van der Waals surface area contributed by atoms with Gasteiger partial charge in [-0.15, -0.1) is 0 Å². The van der Waals surface area contributed by atoms with Gasteiger partial charge in [0.15, 0.2) is 0 Å². The van der Waals surface area contributed by atoms with E-state index in [1.807, 2.05) is 12.1 Å². The Morgan fingerprint density at radius 1 is 1.28 bits per heavy atom. The van der Waals surface area contributed by atoms with Gasteiger partial charge >= 0.3 is 0 Å². The molecule has 0 fully saturated rings. The maximum Gasteiger partial charge on any atom is 0.0468 e. The SMILES string of the molecule is CCC(NC(C)CN(C)C)c1ccc(Cl)cc1Cl. The lowest BCUT2D eigenvalue weighted by atomic mass is 10.0. The van der Waals surface area contributed by atoms with E-state index in [0.29, 0.717) is 11.1 Å². The molecule has 2 nitrogen and oxygen atoms in total. The Morgan fingerprint density at radius 2 is 1.94 bits per heavy atom. The minimum absolute atomic E-state index is 0.268. The highest BCUT2D eigenvalue weighted by atomic mass is 35.5. The summed E-state index contributed by atoms with van der Waals surface area (Å²) >= 11 is 12.2. The molecule has 0 radical (unpaired) electrons. The second-order valence-corrected chi connectivity index (χ2v) is 5.80. The lowest BCUT2D eigenvalue weighted by Crippen LogP contribution is -2.38. The van der Waals surface area contributed by atoms with Crippen LogP contribution in [0.25, 0.3) is 0 Å². The van der Waals surface area contributed by atoms with Crippen molar-refractivity contribution in [1.29, 1.82) is 0 Å². The van der Waals surface area contributed by atoms with Crippen LogP contribution < -0.4 is 5.32 Å². The average Bonchev–Trinajstić information content (AvgIpc) is 2.25. The second kappa shape index (κ2) is 7.34. The number of hydrogen-bond acceptors (Lipinski definition) is 2. The summed E-state index contributed by atoms with van der Waals surface area (Å²) in [5, 5.41) is 5.02. The van der Waals surface area contributed by atoms with Crippen LogP contribution in [0.2, 0.25) is 10.0 Å². The van der Waals surface area contributed by atoms with Crippen LogP contribution in [-0.4, -0.2) is 31.6 Å². The molecule has 1 aromatic rings. The zero-order valence-electron chi connectivity index (χ0n) is 11.5. The van der Waals surface area contributed by atoms with Crippen molar-refractivity contribution in [1.82, 2.24) is 10.2 Å². The van der Waals surface area contributed by atoms with Gasteiger partial charge in [-0.2, -0.15) is 0 Å². The van der Waals surface area contributed by atoms with E-state index in [9.17, 15) is 0 Å². The Kier molecular flexibility index (Phi) is 6.44. The molecule has 4 heteroatoms. The molecule has 0 spiro atoms. The highest BCUT2D eigenvalue weighted by Gasteiger charge is 2.15. The Labute approximate surface area is 120 Å². The van der Waals surface area contributed by atoms with Gasteiger partial charge in [-0.05, 0) is 45.1 Å². The van der Waals surface area contributed by atoms with Crippen molar-refractivity contribution < 1.29 is 0 Å². The van der Waals surface area contributed by atoms with Crippen LogP contribution in [0.5, 0.6) is 0 Å². The third-order valence-electron chi connectivity index (χ3n) is 2.87. The van der Waals surface area contributed by atoms with Crippen molar-refractivity contribution in [2.24, 2.45) is 0 Å². The molecule has 0 aromatic heterocycles. The fraction of sp³-hybridized carbons (Fsp3) is 0.571. The van der Waals surface area contributed by atoms with E-state index in [1.54, 1.807) is 6.07 Å². The van der Waals surface area contributed by atoms with Gasteiger partial charge in [-0.25, -0.2) is 0 Å². The number of halogens is 2. The van der Waals surface area contributed by atoms with Gasteiger partial charge in [0.25, 0.3) is 0 Å². The van der Waals surface area contributed by atoms with Gasteiger partial charge in [0.1, 0.15) is 0 Å². The lowest BCUT2D eigenvalue weighted by molar-refractivity contribution is 0.326. The summed E-state index contributed by atoms with van der Waals surface area (Å²) in [7, 11) is 4.16. The molecule has 0 aliphatic heterocycles. The first-order chi connectivity index (χ1) is 8.43. The maximum absolute atomic E-state index is 6.26. The summed E-state index contributed by atoms with van der Waals surface area (Å²) in [6, 6.07) is 6.39. The predicted octanol–water partition coefficient (Wildman–Crippen LogP) is 3.98. The van der Waals surface area contributed by atoms with Crippen molar-refractivity contribution in [2.75, 3.05) is 20.6 Å². The molecule has 0 bridgehead atoms. The Bertz CT molecular complexity index is 380. The normalized spacial score (nSPS) is 14.8. The second-order valence-electron chi connectivity index (χ2n) is 4.96. The van der Waals surface area contributed by atoms with Crippen molar-refractivity contribution in [3.63, 3.8) is 0 Å². The first kappa shape index (κ1) is 15.8. The number of likely N-dealkylation sites (N-methyl/N-ethyl adjacent to an activating group) is 1. The smallest absolute Gasteiger partial charge is 0.0468 e. The number of hydrogen-bond donors (Lipinski definition) is 1. The highest BCUT2D eigenvalue weighted by molar-refractivity contribution is 6.35. The number of benzene rings is 1. The predicted molar refractivity (Wildman–Crippen MR) is 80.6 cm³/mol. The standard InChI is InChI=1S/C14H22Cl2N2/c1-5-14(17-10(2)9-18(3)4)12-7-6-11(15)8-13(12)16/h6-8,10,14,17H,5,9H2,1-4H3. The van der Waals surface area contributed by atoms with E-state index < -0.39 is 0 Å². The highest BCUT2D eigenvalue weighted by Crippen LogP contribution is 2.28. The molecule has 0 aliphatic rings. The van der Waals surface area contributed by atoms with Crippen molar-refractivity contribution in [3.8, 4) is 0 Å². The van der Waals surface area contributed by atoms with Gasteiger partial charge < -0.3 is 10.2 Å². The Hall–Kier alpha value is -0.280. The molecule has 1 aromatic carbocycles. The molecule has 0 saturated heterocycles. The molecule has 18 heavy (non-hydrogen) atoms. The van der Waals surface area contributed by atoms with E-state index >= 15 is 0 Å². The van der Waals surface area contributed by atoms with Gasteiger partial charge in [0.05, 0.1) is 0 Å². The van der Waals surface area contributed by atoms with Crippen LogP contribution in [0, 0.1) is 0 Å². The van der Waals surface area contributed by atoms with Crippen LogP contribution >= 0.6 is 23.2 Å². The minimum atomic E-state index is 0.268. The quantitative estimate of drug-likeness (QED) is 0.852. The fourth-order valence-corrected chi connectivity index (χ4v) is 2.70. The zero-order valence-corrected chi connectivity index (χ0v) is 13.0. The van der Waals surface area contributed by atoms with Gasteiger partial charge in [0.2, 0.25) is 0 Å². The van der Waals surface area contributed by atoms with Crippen molar-refractivity contribution >= 4 is 23.2 Å². The van der Waals surface area contributed by atoms with E-state index in [-0.39, 0.29) is 6.04 Å². The third kappa shape index (κ3) is 4.77. The maximum atomic E-state index is 6.26. The van der Waals surface area contributed by atoms with Crippen molar-refractivity contribution in [3.05, 3.63) is 33.8 Å². The molecule has 0 aliphatic carbocycles. The Balaban J connectivity index is 2.76. The zero-order chi connectivity index (χ0) is 13.7. The summed E-state index contributed by atoms with van der Waals surface area (Å²) in [5.74, 6) is 0. The van der Waals surface area contributed by atoms with Gasteiger partial charge in [0, 0.05) is 28.7 Å². The molecule has 1 N–H and O–H groups in total. The molecule has 1 rings (SSSR count). The summed E-state index contributed by atoms with van der Waals surface area (Å²) in [6.07, 6.45) is 0.999. The molecule has 2 atom stereocenters. The van der Waals surface area contributed by atoms with Gasteiger partial charge in [-0.1, -0.05) is 36.2 Å². The van der Waals surface area contributed by atoms with E-state index in [1.165, 1.54) is 0 Å². The molecule has 0 saturated carbocycles. The third-order valence-corrected chi connectivity index (χ3v) is 3.43. The first-order valence-electron chi connectivity index (χ1n) is 6.29. The molecule has 102 valence electrons. The van der Waals surface area contributed by atoms with Gasteiger partial charge in [-0.3, -0.25) is 0 Å². The summed E-state index contributed by atoms with van der Waals surface area (Å²) in [6.45, 7) is 5.35. The first-order valence-corrected chi connectivity index (χ1v) is 7.05. The summed E-state index contributed by atoms with van der Waals surface area (Å²) in [4.78, 5) is 2.17. The number of nitrogens with zero attached hydrogens (tertiary/aromatic N) is 1. The number of nitrogens with one attached hydrogen (secondary N) is 1. The van der Waals surface area contributed by atoms with Crippen molar-refractivity contribution in [2.45, 2.75) is 32.4 Å². The van der Waals surface area contributed by atoms with Crippen LogP contribution in [-0.2, 0) is 0 Å². The van der Waals surface area contributed by atoms with Crippen LogP contribution in [0.4, 0.5) is 0 Å². The van der Waals surface area contributed by atoms with E-state index in [2.05, 4.69) is 38.2 Å². The largest absolute Gasteiger partial charge is 0.308 e. The average molecular weight is 289 g/mol. The molecule has 0 heterocycles. The fourth-order valence-electron chi connectivity index (χ4n) is 2.16. The Morgan fingerprint density at radius 3 is 2.44 bits per heavy atom. The minimum Gasteiger partial charge on any atom is -0.308 e. The van der Waals surface area contributed by atoms with Crippen LogP contribution in [0.3, 0.4) is 0 Å². The van der Waals surface area contributed by atoms with E-state index in [4.69, 9.17) is 23.2 Å². The topological polar surface area (TPSA) is 15.3 Å².